The second kappa shape index (κ2) is 14.3. The molecule has 2 amide bonds. The molecule has 2 rings (SSSR count). The maximum Gasteiger partial charge on any atom is 0.224 e. The largest absolute Gasteiger partial charge is 0.374 e. The zero-order valence-corrected chi connectivity index (χ0v) is 21.2. The van der Waals surface area contributed by atoms with Gasteiger partial charge in [0.05, 0.1) is 5.84 Å². The molecule has 0 heterocycles. The number of nitrogens with one attached hydrogen (secondary N) is 3. The maximum absolute atomic E-state index is 12.2. The number of anilines is 2. The number of para-hydroxylation sites is 2. The highest BCUT2D eigenvalue weighted by atomic mass is 35.5. The summed E-state index contributed by atoms with van der Waals surface area (Å²) in [7, 11) is 0. The summed E-state index contributed by atoms with van der Waals surface area (Å²) in [4.78, 5) is 28.9. The Kier molecular flexibility index (Phi) is 12.2. The molecule has 7 heteroatoms. The third kappa shape index (κ3) is 9.66. The third-order valence-corrected chi connectivity index (χ3v) is 5.36. The zero-order valence-electron chi connectivity index (χ0n) is 20.4. The van der Waals surface area contributed by atoms with E-state index in [4.69, 9.17) is 0 Å². The lowest BCUT2D eigenvalue weighted by Gasteiger charge is -2.12. The summed E-state index contributed by atoms with van der Waals surface area (Å²) in [5, 5.41) is 9.25. The summed E-state index contributed by atoms with van der Waals surface area (Å²) in [6, 6.07) is 12.0. The van der Waals surface area contributed by atoms with Crippen LogP contribution in [0, 0.1) is 27.7 Å². The summed E-state index contributed by atoms with van der Waals surface area (Å²) in [6.07, 6.45) is 2.30. The Balaban J connectivity index is 0.00000544. The van der Waals surface area contributed by atoms with Gasteiger partial charge >= 0.3 is 0 Å². The number of halogens is 1. The van der Waals surface area contributed by atoms with Crippen molar-refractivity contribution in [1.82, 2.24) is 5.32 Å². The van der Waals surface area contributed by atoms with E-state index in [1.807, 2.05) is 71.0 Å². The van der Waals surface area contributed by atoms with E-state index in [-0.39, 0.29) is 24.2 Å². The molecule has 0 radical (unpaired) electrons. The fraction of sp³-hybridized carbons (Fsp3) is 0.423. The molecule has 2 aromatic rings. The monoisotopic (exact) mass is 472 g/mol. The van der Waals surface area contributed by atoms with Crippen LogP contribution in [0.4, 0.5) is 11.4 Å². The number of aliphatic imine (C=N–C) groups is 1. The highest BCUT2D eigenvalue weighted by Gasteiger charge is 2.08. The quantitative estimate of drug-likeness (QED) is 0.243. The first-order valence-electron chi connectivity index (χ1n) is 11.2. The van der Waals surface area contributed by atoms with Crippen molar-refractivity contribution in [2.45, 2.75) is 60.3 Å². The molecule has 0 atom stereocenters. The number of aryl methyl sites for hydroxylation is 4. The van der Waals surface area contributed by atoms with Gasteiger partial charge in [0.2, 0.25) is 11.8 Å². The van der Waals surface area contributed by atoms with E-state index in [2.05, 4.69) is 20.9 Å². The molecule has 0 fully saturated rings. The van der Waals surface area contributed by atoms with Gasteiger partial charge < -0.3 is 16.0 Å². The molecule has 0 aromatic heterocycles. The Bertz CT molecular complexity index is 932. The van der Waals surface area contributed by atoms with E-state index >= 15 is 0 Å². The van der Waals surface area contributed by atoms with Gasteiger partial charge in [-0.05, 0) is 69.7 Å². The standard InChI is InChI=1S/C26H36N4O2.ClH/c1-18-10-6-11-19(2)25(18)29-23(31)14-8-16-27-22(5)28-17-9-15-24(32)30-26-20(3)12-7-13-21(26)4;/h6-7,10-13H,8-9,14-17H2,1-5H3,(H,27,28)(H,29,31)(H,30,32);1H. The van der Waals surface area contributed by atoms with Crippen molar-refractivity contribution >= 4 is 41.4 Å². The lowest BCUT2D eigenvalue weighted by molar-refractivity contribution is -0.117. The highest BCUT2D eigenvalue weighted by Crippen LogP contribution is 2.20. The van der Waals surface area contributed by atoms with Crippen molar-refractivity contribution in [3.05, 3.63) is 58.7 Å². The second-order valence-electron chi connectivity index (χ2n) is 8.23. The van der Waals surface area contributed by atoms with Gasteiger partial charge in [-0.1, -0.05) is 36.4 Å². The van der Waals surface area contributed by atoms with Gasteiger partial charge in [-0.25, -0.2) is 0 Å². The minimum atomic E-state index is 0. The van der Waals surface area contributed by atoms with Crippen LogP contribution in [0.2, 0.25) is 0 Å². The Morgan fingerprint density at radius 3 is 1.64 bits per heavy atom. The van der Waals surface area contributed by atoms with Crippen molar-refractivity contribution in [2.75, 3.05) is 23.7 Å². The molecular formula is C26H37ClN4O2. The average Bonchev–Trinajstić information content (AvgIpc) is 2.74. The number of hydrogen-bond donors (Lipinski definition) is 3. The van der Waals surface area contributed by atoms with Crippen LogP contribution in [-0.4, -0.2) is 30.7 Å². The van der Waals surface area contributed by atoms with Crippen LogP contribution in [0.3, 0.4) is 0 Å². The predicted octanol–water partition coefficient (Wildman–Crippen LogP) is 5.49. The van der Waals surface area contributed by atoms with Crippen LogP contribution in [0.1, 0.15) is 54.9 Å². The topological polar surface area (TPSA) is 82.6 Å². The van der Waals surface area contributed by atoms with Gasteiger partial charge in [0.25, 0.3) is 0 Å². The summed E-state index contributed by atoms with van der Waals surface area (Å²) in [6.45, 7) is 11.2. The molecule has 33 heavy (non-hydrogen) atoms. The lowest BCUT2D eigenvalue weighted by atomic mass is 10.1. The van der Waals surface area contributed by atoms with Crippen molar-refractivity contribution in [1.29, 1.82) is 0 Å². The van der Waals surface area contributed by atoms with Gasteiger partial charge in [-0.2, -0.15) is 0 Å². The molecule has 0 aliphatic rings. The van der Waals surface area contributed by atoms with Gasteiger partial charge in [0.15, 0.2) is 0 Å². The van der Waals surface area contributed by atoms with Crippen LogP contribution in [0.5, 0.6) is 0 Å². The molecule has 0 aliphatic heterocycles. The van der Waals surface area contributed by atoms with Gasteiger partial charge in [0, 0.05) is 37.3 Å². The van der Waals surface area contributed by atoms with Crippen LogP contribution in [0.25, 0.3) is 0 Å². The number of rotatable bonds is 10. The fourth-order valence-corrected chi connectivity index (χ4v) is 3.49. The number of amidine groups is 1. The van der Waals surface area contributed by atoms with E-state index < -0.39 is 0 Å². The average molecular weight is 473 g/mol. The minimum Gasteiger partial charge on any atom is -0.374 e. The lowest BCUT2D eigenvalue weighted by Crippen LogP contribution is -2.23. The molecule has 0 saturated heterocycles. The van der Waals surface area contributed by atoms with E-state index in [0.29, 0.717) is 32.4 Å². The van der Waals surface area contributed by atoms with Crippen molar-refractivity contribution in [3.63, 3.8) is 0 Å². The molecular weight excluding hydrogens is 436 g/mol. The molecule has 0 unspecified atom stereocenters. The fourth-order valence-electron chi connectivity index (χ4n) is 3.49. The van der Waals surface area contributed by atoms with Crippen LogP contribution in [-0.2, 0) is 9.59 Å². The molecule has 6 nitrogen and oxygen atoms in total. The Hall–Kier alpha value is -2.86. The number of benzene rings is 2. The smallest absolute Gasteiger partial charge is 0.224 e. The minimum absolute atomic E-state index is 0. The van der Waals surface area contributed by atoms with Crippen molar-refractivity contribution in [3.8, 4) is 0 Å². The zero-order chi connectivity index (χ0) is 23.5. The number of carbonyl (C=O) groups is 2. The molecule has 180 valence electrons. The first-order chi connectivity index (χ1) is 15.3. The third-order valence-electron chi connectivity index (χ3n) is 5.36. The summed E-state index contributed by atoms with van der Waals surface area (Å²) in [5.41, 5.74) is 6.09. The molecule has 0 bridgehead atoms. The SMILES string of the molecule is CC(=NCCCC(=O)Nc1c(C)cccc1C)NCCCC(=O)Nc1c(C)cccc1C.Cl. The molecule has 0 saturated carbocycles. The second-order valence-corrected chi connectivity index (χ2v) is 8.23. The van der Waals surface area contributed by atoms with Crippen LogP contribution >= 0.6 is 12.4 Å². The number of hydrogen-bond acceptors (Lipinski definition) is 3. The molecule has 0 aliphatic carbocycles. The normalized spacial score (nSPS) is 10.9. The summed E-state index contributed by atoms with van der Waals surface area (Å²) in [5.74, 6) is 0.863. The first kappa shape index (κ1) is 28.2. The van der Waals surface area contributed by atoms with Gasteiger partial charge in [-0.3, -0.25) is 14.6 Å². The van der Waals surface area contributed by atoms with Gasteiger partial charge in [0.1, 0.15) is 0 Å². The van der Waals surface area contributed by atoms with E-state index in [1.54, 1.807) is 0 Å². The van der Waals surface area contributed by atoms with Crippen LogP contribution in [0.15, 0.2) is 41.4 Å². The Labute approximate surface area is 204 Å². The number of carbonyl (C=O) groups excluding carboxylic acids is 2. The van der Waals surface area contributed by atoms with E-state index in [1.165, 1.54) is 0 Å². The van der Waals surface area contributed by atoms with E-state index in [9.17, 15) is 9.59 Å². The molecule has 3 N–H and O–H groups in total. The first-order valence-corrected chi connectivity index (χ1v) is 11.2. The molecule has 2 aromatic carbocycles. The maximum atomic E-state index is 12.2. The summed E-state index contributed by atoms with van der Waals surface area (Å²) >= 11 is 0. The number of amides is 2. The highest BCUT2D eigenvalue weighted by molar-refractivity contribution is 5.93. The van der Waals surface area contributed by atoms with Gasteiger partial charge in [-0.15, -0.1) is 12.4 Å². The predicted molar refractivity (Wildman–Crippen MR) is 141 cm³/mol. The Morgan fingerprint density at radius 2 is 1.18 bits per heavy atom. The van der Waals surface area contributed by atoms with E-state index in [0.717, 1.165) is 45.9 Å². The molecule has 0 spiro atoms. The Morgan fingerprint density at radius 1 is 0.758 bits per heavy atom. The number of nitrogens with zero attached hydrogens (tertiary/aromatic N) is 1. The summed E-state index contributed by atoms with van der Waals surface area (Å²) < 4.78 is 0. The van der Waals surface area contributed by atoms with Crippen molar-refractivity contribution < 1.29 is 9.59 Å². The van der Waals surface area contributed by atoms with Crippen LogP contribution < -0.4 is 16.0 Å². The van der Waals surface area contributed by atoms with Crippen molar-refractivity contribution in [2.24, 2.45) is 4.99 Å².